The lowest BCUT2D eigenvalue weighted by molar-refractivity contribution is -0.137. The van der Waals surface area contributed by atoms with Gasteiger partial charge in [0.2, 0.25) is 5.91 Å². The minimum Gasteiger partial charge on any atom is -0.323 e. The average Bonchev–Trinajstić information content (AvgIpc) is 2.86. The van der Waals surface area contributed by atoms with E-state index in [9.17, 15) is 18.0 Å². The van der Waals surface area contributed by atoms with Gasteiger partial charge in [0.25, 0.3) is 0 Å². The lowest BCUT2D eigenvalue weighted by atomic mass is 10.2. The van der Waals surface area contributed by atoms with Crippen molar-refractivity contribution in [2.24, 2.45) is 10.9 Å². The van der Waals surface area contributed by atoms with E-state index in [1.807, 2.05) is 0 Å². The molecule has 9 heteroatoms. The molecule has 2 N–H and O–H groups in total. The number of anilines is 2. The zero-order chi connectivity index (χ0) is 16.3. The van der Waals surface area contributed by atoms with Crippen molar-refractivity contribution >= 4 is 34.3 Å². The van der Waals surface area contributed by atoms with Gasteiger partial charge < -0.3 is 5.84 Å². The van der Waals surface area contributed by atoms with Crippen molar-refractivity contribution in [1.29, 1.82) is 0 Å². The lowest BCUT2D eigenvalue weighted by Gasteiger charge is -2.19. The fourth-order valence-corrected chi connectivity index (χ4v) is 2.60. The Hall–Kier alpha value is -2.42. The predicted octanol–water partition coefficient (Wildman–Crippen LogP) is 3.14. The largest absolute Gasteiger partial charge is 0.416 e. The third kappa shape index (κ3) is 3.42. The van der Waals surface area contributed by atoms with E-state index in [1.54, 1.807) is 5.38 Å². The van der Waals surface area contributed by atoms with Gasteiger partial charge in [-0.3, -0.25) is 9.69 Å². The van der Waals surface area contributed by atoms with Gasteiger partial charge in [0.05, 0.1) is 23.2 Å². The molecule has 0 spiro atoms. The Balaban J connectivity index is 2.46. The molecule has 5 nitrogen and oxygen atoms in total. The van der Waals surface area contributed by atoms with E-state index >= 15 is 0 Å². The van der Waals surface area contributed by atoms with Gasteiger partial charge in [-0.25, -0.2) is 4.98 Å². The molecule has 1 aromatic carbocycles. The topological polar surface area (TPSA) is 71.6 Å². The first kappa shape index (κ1) is 16.0. The first-order chi connectivity index (χ1) is 10.3. The van der Waals surface area contributed by atoms with Crippen LogP contribution < -0.4 is 10.7 Å². The lowest BCUT2D eigenvalue weighted by Crippen LogP contribution is -2.23. The maximum absolute atomic E-state index is 12.8. The quantitative estimate of drug-likeness (QED) is 0.534. The molecule has 2 aromatic rings. The van der Waals surface area contributed by atoms with Crippen molar-refractivity contribution in [3.63, 3.8) is 0 Å². The second-order valence-corrected chi connectivity index (χ2v) is 5.07. The molecule has 0 atom stereocenters. The number of alkyl halides is 3. The molecule has 0 saturated heterocycles. The summed E-state index contributed by atoms with van der Waals surface area (Å²) in [5.74, 6) is 4.56. The van der Waals surface area contributed by atoms with Crippen molar-refractivity contribution in [1.82, 2.24) is 4.98 Å². The summed E-state index contributed by atoms with van der Waals surface area (Å²) in [6, 6.07) is 4.49. The fraction of sp³-hybridized carbons (Fsp3) is 0.154. The molecule has 1 amide bonds. The number of nitrogens with zero attached hydrogens (tertiary/aromatic N) is 3. The summed E-state index contributed by atoms with van der Waals surface area (Å²) in [7, 11) is 0. The number of aromatic nitrogens is 1. The van der Waals surface area contributed by atoms with E-state index in [0.717, 1.165) is 28.4 Å². The Morgan fingerprint density at radius 1 is 1.45 bits per heavy atom. The zero-order valence-electron chi connectivity index (χ0n) is 11.3. The van der Waals surface area contributed by atoms with Crippen molar-refractivity contribution < 1.29 is 18.0 Å². The van der Waals surface area contributed by atoms with E-state index in [2.05, 4.69) is 10.1 Å². The Morgan fingerprint density at radius 2 is 2.18 bits per heavy atom. The van der Waals surface area contributed by atoms with Gasteiger partial charge >= 0.3 is 6.18 Å². The summed E-state index contributed by atoms with van der Waals surface area (Å²) in [5.41, 5.74) is -0.329. The van der Waals surface area contributed by atoms with Crippen LogP contribution in [0, 0.1) is 0 Å². The van der Waals surface area contributed by atoms with Crippen LogP contribution in [-0.4, -0.2) is 17.1 Å². The molecule has 0 bridgehead atoms. The maximum atomic E-state index is 12.8. The van der Waals surface area contributed by atoms with Crippen LogP contribution in [0.5, 0.6) is 0 Å². The van der Waals surface area contributed by atoms with Crippen LogP contribution in [0.2, 0.25) is 0 Å². The van der Waals surface area contributed by atoms with Crippen LogP contribution >= 0.6 is 11.3 Å². The number of rotatable bonds is 3. The molecular weight excluding hydrogens is 317 g/mol. The van der Waals surface area contributed by atoms with Gasteiger partial charge in [-0.2, -0.15) is 18.3 Å². The first-order valence-corrected chi connectivity index (χ1v) is 6.87. The Morgan fingerprint density at radius 3 is 2.77 bits per heavy atom. The van der Waals surface area contributed by atoms with Crippen LogP contribution in [-0.2, 0) is 11.0 Å². The normalized spacial score (nSPS) is 11.8. The molecule has 0 aliphatic rings. The van der Waals surface area contributed by atoms with E-state index in [1.165, 1.54) is 25.3 Å². The van der Waals surface area contributed by atoms with Crippen LogP contribution in [0.1, 0.15) is 18.2 Å². The highest BCUT2D eigenvalue weighted by molar-refractivity contribution is 7.14. The highest BCUT2D eigenvalue weighted by atomic mass is 32.1. The molecule has 0 aliphatic carbocycles. The minimum absolute atomic E-state index is 0.0907. The van der Waals surface area contributed by atoms with Gasteiger partial charge in [0.1, 0.15) is 0 Å². The molecule has 1 heterocycles. The first-order valence-electron chi connectivity index (χ1n) is 5.99. The Labute approximate surface area is 127 Å². The number of benzene rings is 1. The second kappa shape index (κ2) is 6.14. The SMILES string of the molecule is CC(=O)N(c1cccc(C(F)(F)F)c1)c1nc(/C=N\N)cs1. The Bertz CT molecular complexity index is 711. The monoisotopic (exact) mass is 328 g/mol. The molecular formula is C13H11F3N4OS. The molecule has 0 unspecified atom stereocenters. The van der Waals surface area contributed by atoms with Crippen molar-refractivity contribution in [2.45, 2.75) is 13.1 Å². The molecule has 0 radical (unpaired) electrons. The van der Waals surface area contributed by atoms with Crippen molar-refractivity contribution in [3.8, 4) is 0 Å². The number of amides is 1. The van der Waals surface area contributed by atoms with Crippen LogP contribution in [0.4, 0.5) is 24.0 Å². The van der Waals surface area contributed by atoms with Gasteiger partial charge in [-0.1, -0.05) is 6.07 Å². The van der Waals surface area contributed by atoms with Crippen LogP contribution in [0.25, 0.3) is 0 Å². The standard InChI is InChI=1S/C13H11F3N4OS/c1-8(21)20(12-19-10(6-18-17)7-22-12)11-4-2-3-9(5-11)13(14,15)16/h2-7H,17H2,1H3/b18-6-. The van der Waals surface area contributed by atoms with Gasteiger partial charge in [0.15, 0.2) is 5.13 Å². The van der Waals surface area contributed by atoms with E-state index in [0.29, 0.717) is 5.69 Å². The van der Waals surface area contributed by atoms with Crippen LogP contribution in [0.3, 0.4) is 0 Å². The zero-order valence-corrected chi connectivity index (χ0v) is 12.1. The summed E-state index contributed by atoms with van der Waals surface area (Å²) in [4.78, 5) is 17.0. The van der Waals surface area contributed by atoms with Crippen LogP contribution in [0.15, 0.2) is 34.7 Å². The molecule has 0 saturated carbocycles. The van der Waals surface area contributed by atoms with Crippen molar-refractivity contribution in [3.05, 3.63) is 40.9 Å². The predicted molar refractivity (Wildman–Crippen MR) is 78.2 cm³/mol. The maximum Gasteiger partial charge on any atom is 0.416 e. The van der Waals surface area contributed by atoms with Crippen molar-refractivity contribution in [2.75, 3.05) is 4.90 Å². The highest BCUT2D eigenvalue weighted by Gasteiger charge is 2.31. The number of halogens is 3. The minimum atomic E-state index is -4.49. The number of carbonyl (C=O) groups is 1. The number of carbonyl (C=O) groups excluding carboxylic acids is 1. The van der Waals surface area contributed by atoms with E-state index in [4.69, 9.17) is 5.84 Å². The molecule has 0 fully saturated rings. The summed E-state index contributed by atoms with van der Waals surface area (Å²) >= 11 is 1.10. The summed E-state index contributed by atoms with van der Waals surface area (Å²) in [5, 5.41) is 5.14. The molecule has 22 heavy (non-hydrogen) atoms. The summed E-state index contributed by atoms with van der Waals surface area (Å²) in [6.45, 7) is 1.25. The van der Waals surface area contributed by atoms with Gasteiger partial charge in [-0.15, -0.1) is 11.3 Å². The molecule has 1 aromatic heterocycles. The number of hydrogen-bond donors (Lipinski definition) is 1. The van der Waals surface area contributed by atoms with E-state index < -0.39 is 17.6 Å². The van der Waals surface area contributed by atoms with Gasteiger partial charge in [0, 0.05) is 12.3 Å². The summed E-state index contributed by atoms with van der Waals surface area (Å²) < 4.78 is 38.4. The molecule has 0 aliphatic heterocycles. The van der Waals surface area contributed by atoms with E-state index in [-0.39, 0.29) is 10.8 Å². The number of hydrogen-bond acceptors (Lipinski definition) is 5. The number of hydrazone groups is 1. The fourth-order valence-electron chi connectivity index (χ4n) is 1.76. The third-order valence-electron chi connectivity index (χ3n) is 2.65. The average molecular weight is 328 g/mol. The summed E-state index contributed by atoms with van der Waals surface area (Å²) in [6.07, 6.45) is -3.21. The second-order valence-electron chi connectivity index (χ2n) is 4.24. The number of thiazole rings is 1. The number of nitrogens with two attached hydrogens (primary N) is 1. The molecule has 2 rings (SSSR count). The van der Waals surface area contributed by atoms with Gasteiger partial charge in [-0.05, 0) is 18.2 Å². The smallest absolute Gasteiger partial charge is 0.323 e. The Kier molecular flexibility index (Phi) is 4.45. The highest BCUT2D eigenvalue weighted by Crippen LogP contribution is 2.34. The molecule has 116 valence electrons. The third-order valence-corrected chi connectivity index (χ3v) is 3.50.